The molecule has 0 aliphatic heterocycles. The summed E-state index contributed by atoms with van der Waals surface area (Å²) >= 11 is 9.30. The molecule has 0 aliphatic rings. The van der Waals surface area contributed by atoms with Crippen LogP contribution in [0.15, 0.2) is 16.6 Å². The summed E-state index contributed by atoms with van der Waals surface area (Å²) in [6, 6.07) is 3.24. The molecular weight excluding hydrogens is 348 g/mol. The Balaban J connectivity index is 2.97. The van der Waals surface area contributed by atoms with E-state index in [1.165, 1.54) is 14.2 Å². The van der Waals surface area contributed by atoms with Gasteiger partial charge in [0.1, 0.15) is 16.0 Å². The maximum Gasteiger partial charge on any atom is 0.389 e. The van der Waals surface area contributed by atoms with E-state index in [9.17, 15) is 13.2 Å². The van der Waals surface area contributed by atoms with E-state index in [1.54, 1.807) is 12.1 Å². The summed E-state index contributed by atoms with van der Waals surface area (Å²) in [4.78, 5) is 0. The van der Waals surface area contributed by atoms with E-state index in [0.29, 0.717) is 21.5 Å². The van der Waals surface area contributed by atoms with Crippen LogP contribution in [0.25, 0.3) is 0 Å². The fourth-order valence-corrected chi connectivity index (χ4v) is 2.58. The van der Waals surface area contributed by atoms with Gasteiger partial charge < -0.3 is 9.47 Å². The van der Waals surface area contributed by atoms with E-state index in [0.717, 1.165) is 0 Å². The number of halogens is 5. The summed E-state index contributed by atoms with van der Waals surface area (Å²) < 4.78 is 47.4. The van der Waals surface area contributed by atoms with Gasteiger partial charge in [-0.1, -0.05) is 6.07 Å². The fourth-order valence-electron chi connectivity index (χ4n) is 1.61. The molecule has 0 bridgehead atoms. The first-order chi connectivity index (χ1) is 8.80. The van der Waals surface area contributed by atoms with Gasteiger partial charge in [0.25, 0.3) is 0 Å². The highest BCUT2D eigenvalue weighted by Gasteiger charge is 2.29. The van der Waals surface area contributed by atoms with Crippen molar-refractivity contribution < 1.29 is 22.6 Å². The second-order valence-corrected chi connectivity index (χ2v) is 5.15. The zero-order valence-electron chi connectivity index (χ0n) is 10.4. The lowest BCUT2D eigenvalue weighted by Crippen LogP contribution is -2.08. The van der Waals surface area contributed by atoms with Crippen LogP contribution in [0.5, 0.6) is 11.5 Å². The second kappa shape index (κ2) is 6.70. The van der Waals surface area contributed by atoms with Crippen molar-refractivity contribution in [3.8, 4) is 11.5 Å². The molecule has 0 N–H and O–H groups in total. The van der Waals surface area contributed by atoms with E-state index in [2.05, 4.69) is 15.9 Å². The smallest absolute Gasteiger partial charge is 0.389 e. The predicted octanol–water partition coefficient (Wildman–Crippen LogP) is 5.09. The highest BCUT2D eigenvalue weighted by atomic mass is 79.9. The van der Waals surface area contributed by atoms with Crippen molar-refractivity contribution in [3.63, 3.8) is 0 Å². The molecule has 0 aromatic heterocycles. The predicted molar refractivity (Wildman–Crippen MR) is 71.1 cm³/mol. The van der Waals surface area contributed by atoms with Gasteiger partial charge in [0.2, 0.25) is 0 Å². The number of benzene rings is 1. The standard InChI is InChI=1S/C12H13BrClF3O2/c1-18-9-4-3-7(11(19-2)10(9)13)8(14)5-6-12(15,16)17/h3-4,8H,5-6H2,1-2H3. The van der Waals surface area contributed by atoms with Gasteiger partial charge in [-0.3, -0.25) is 0 Å². The maximum absolute atomic E-state index is 12.2. The molecule has 7 heteroatoms. The van der Waals surface area contributed by atoms with Crippen LogP contribution in [0.1, 0.15) is 23.8 Å². The first kappa shape index (κ1) is 16.4. The zero-order valence-corrected chi connectivity index (χ0v) is 12.7. The van der Waals surface area contributed by atoms with Gasteiger partial charge in [-0.25, -0.2) is 0 Å². The van der Waals surface area contributed by atoms with Crippen molar-refractivity contribution in [2.45, 2.75) is 24.4 Å². The van der Waals surface area contributed by atoms with Crippen LogP contribution >= 0.6 is 27.5 Å². The third-order valence-electron chi connectivity index (χ3n) is 2.53. The Morgan fingerprint density at radius 1 is 1.26 bits per heavy atom. The second-order valence-electron chi connectivity index (χ2n) is 3.83. The van der Waals surface area contributed by atoms with Gasteiger partial charge in [-0.2, -0.15) is 13.2 Å². The largest absolute Gasteiger partial charge is 0.495 e. The monoisotopic (exact) mass is 360 g/mol. The molecule has 0 fully saturated rings. The summed E-state index contributed by atoms with van der Waals surface area (Å²) in [5.74, 6) is 0.918. The Bertz CT molecular complexity index is 438. The summed E-state index contributed by atoms with van der Waals surface area (Å²) in [6.07, 6.45) is -5.36. The van der Waals surface area contributed by atoms with Crippen molar-refractivity contribution in [2.75, 3.05) is 14.2 Å². The first-order valence-electron chi connectivity index (χ1n) is 5.41. The van der Waals surface area contributed by atoms with Crippen molar-refractivity contribution in [1.82, 2.24) is 0 Å². The Labute approximate surface area is 123 Å². The minimum Gasteiger partial charge on any atom is -0.495 e. The molecule has 0 amide bonds. The Kier molecular flexibility index (Phi) is 5.80. The summed E-state index contributed by atoms with van der Waals surface area (Å²) in [6.45, 7) is 0. The van der Waals surface area contributed by atoms with Crippen LogP contribution in [0, 0.1) is 0 Å². The summed E-state index contributed by atoms with van der Waals surface area (Å²) in [7, 11) is 2.91. The SMILES string of the molecule is COc1ccc(C(Cl)CCC(F)(F)F)c(OC)c1Br. The Morgan fingerprint density at radius 3 is 2.37 bits per heavy atom. The molecule has 108 valence electrons. The Hall–Kier alpha value is -0.620. The number of methoxy groups -OCH3 is 2. The zero-order chi connectivity index (χ0) is 14.6. The van der Waals surface area contributed by atoms with Crippen LogP contribution in [0.3, 0.4) is 0 Å². The summed E-state index contributed by atoms with van der Waals surface area (Å²) in [5.41, 5.74) is 0.501. The molecule has 19 heavy (non-hydrogen) atoms. The minimum atomic E-state index is -4.22. The van der Waals surface area contributed by atoms with E-state index < -0.39 is 18.0 Å². The molecule has 0 aliphatic carbocycles. The van der Waals surface area contributed by atoms with Crippen LogP contribution in [0.2, 0.25) is 0 Å². The van der Waals surface area contributed by atoms with Crippen LogP contribution in [-0.4, -0.2) is 20.4 Å². The van der Waals surface area contributed by atoms with Crippen molar-refractivity contribution >= 4 is 27.5 Å². The highest BCUT2D eigenvalue weighted by molar-refractivity contribution is 9.10. The topological polar surface area (TPSA) is 18.5 Å². The third-order valence-corrected chi connectivity index (χ3v) is 3.74. The number of alkyl halides is 4. The molecule has 0 saturated heterocycles. The molecule has 0 spiro atoms. The van der Waals surface area contributed by atoms with Crippen molar-refractivity contribution in [1.29, 1.82) is 0 Å². The van der Waals surface area contributed by atoms with Gasteiger partial charge in [0, 0.05) is 12.0 Å². The van der Waals surface area contributed by atoms with E-state index in [1.807, 2.05) is 0 Å². The lowest BCUT2D eigenvalue weighted by Gasteiger charge is -2.17. The van der Waals surface area contributed by atoms with E-state index >= 15 is 0 Å². The van der Waals surface area contributed by atoms with Crippen LogP contribution in [0.4, 0.5) is 13.2 Å². The molecule has 2 nitrogen and oxygen atoms in total. The molecular formula is C12H13BrClF3O2. The number of hydrogen-bond acceptors (Lipinski definition) is 2. The lowest BCUT2D eigenvalue weighted by molar-refractivity contribution is -0.135. The molecule has 1 rings (SSSR count). The number of hydrogen-bond donors (Lipinski definition) is 0. The molecule has 0 saturated carbocycles. The van der Waals surface area contributed by atoms with Gasteiger partial charge in [0.15, 0.2) is 0 Å². The van der Waals surface area contributed by atoms with Gasteiger partial charge in [0.05, 0.1) is 19.6 Å². The van der Waals surface area contributed by atoms with Crippen LogP contribution < -0.4 is 9.47 Å². The maximum atomic E-state index is 12.2. The van der Waals surface area contributed by atoms with Gasteiger partial charge in [-0.05, 0) is 28.4 Å². The minimum absolute atomic E-state index is 0.208. The molecule has 1 aromatic rings. The third kappa shape index (κ3) is 4.45. The van der Waals surface area contributed by atoms with Crippen molar-refractivity contribution in [3.05, 3.63) is 22.2 Å². The fraction of sp³-hybridized carbons (Fsp3) is 0.500. The average Bonchev–Trinajstić information content (AvgIpc) is 2.34. The first-order valence-corrected chi connectivity index (χ1v) is 6.64. The molecule has 1 aromatic carbocycles. The lowest BCUT2D eigenvalue weighted by atomic mass is 10.1. The van der Waals surface area contributed by atoms with Crippen molar-refractivity contribution in [2.24, 2.45) is 0 Å². The van der Waals surface area contributed by atoms with Crippen LogP contribution in [-0.2, 0) is 0 Å². The van der Waals surface area contributed by atoms with Gasteiger partial charge >= 0.3 is 6.18 Å². The Morgan fingerprint density at radius 2 is 1.89 bits per heavy atom. The van der Waals surface area contributed by atoms with Gasteiger partial charge in [-0.15, -0.1) is 11.6 Å². The average molecular weight is 362 g/mol. The van der Waals surface area contributed by atoms with E-state index in [4.69, 9.17) is 21.1 Å². The number of ether oxygens (including phenoxy) is 2. The molecule has 0 heterocycles. The molecule has 1 unspecified atom stereocenters. The summed E-state index contributed by atoms with van der Waals surface area (Å²) in [5, 5.41) is -0.779. The highest BCUT2D eigenvalue weighted by Crippen LogP contribution is 2.43. The van der Waals surface area contributed by atoms with E-state index in [-0.39, 0.29) is 6.42 Å². The quantitative estimate of drug-likeness (QED) is 0.680. The normalized spacial score (nSPS) is 13.2. The molecule has 0 radical (unpaired) electrons. The molecule has 1 atom stereocenters. The number of rotatable bonds is 5.